The molecule has 0 saturated heterocycles. The van der Waals surface area contributed by atoms with Gasteiger partial charge in [0.1, 0.15) is 0 Å². The van der Waals surface area contributed by atoms with Crippen LogP contribution in [-0.2, 0) is 0 Å². The molecule has 2 atom stereocenters. The van der Waals surface area contributed by atoms with Crippen molar-refractivity contribution >= 4 is 11.4 Å². The number of rotatable bonds is 3. The third-order valence-electron chi connectivity index (χ3n) is 3.07. The summed E-state index contributed by atoms with van der Waals surface area (Å²) in [4.78, 5) is 0. The van der Waals surface area contributed by atoms with Gasteiger partial charge in [-0.1, -0.05) is 13.3 Å². The first kappa shape index (κ1) is 9.38. The van der Waals surface area contributed by atoms with Crippen LogP contribution in [0.2, 0.25) is 0 Å². The lowest BCUT2D eigenvalue weighted by Crippen LogP contribution is -2.04. The molecule has 0 aliphatic heterocycles. The predicted octanol–water partition coefficient (Wildman–Crippen LogP) is 2.79. The highest BCUT2D eigenvalue weighted by atomic mass is 15.0. The van der Waals surface area contributed by atoms with E-state index in [4.69, 9.17) is 5.73 Å². The van der Waals surface area contributed by atoms with Gasteiger partial charge in [-0.05, 0) is 43.0 Å². The van der Waals surface area contributed by atoms with Gasteiger partial charge >= 0.3 is 0 Å². The monoisotopic (exact) mass is 190 g/mol. The number of hydrogen-bond donors (Lipinski definition) is 2. The minimum absolute atomic E-state index is 0.697. The fraction of sp³-hybridized carbons (Fsp3) is 0.500. The molecule has 2 heteroatoms. The van der Waals surface area contributed by atoms with Crippen molar-refractivity contribution in [2.75, 3.05) is 11.1 Å². The molecule has 1 aliphatic rings. The maximum Gasteiger partial charge on any atom is 0.0346 e. The Balaban J connectivity index is 2.00. The van der Waals surface area contributed by atoms with Gasteiger partial charge in [-0.3, -0.25) is 0 Å². The number of nitrogens with one attached hydrogen (secondary N) is 1. The minimum Gasteiger partial charge on any atom is -0.399 e. The molecule has 0 aromatic heterocycles. The largest absolute Gasteiger partial charge is 0.399 e. The molecular weight excluding hydrogens is 172 g/mol. The molecule has 0 spiro atoms. The Morgan fingerprint density at radius 1 is 1.50 bits per heavy atom. The second kappa shape index (κ2) is 3.52. The van der Waals surface area contributed by atoms with E-state index in [9.17, 15) is 0 Å². The highest BCUT2D eigenvalue weighted by Gasteiger charge is 2.34. The van der Waals surface area contributed by atoms with Gasteiger partial charge in [0.15, 0.2) is 0 Å². The zero-order valence-electron chi connectivity index (χ0n) is 8.88. The number of anilines is 2. The topological polar surface area (TPSA) is 38.0 Å². The van der Waals surface area contributed by atoms with Crippen LogP contribution in [0.5, 0.6) is 0 Å². The second-order valence-corrected chi connectivity index (χ2v) is 4.23. The van der Waals surface area contributed by atoms with Crippen molar-refractivity contribution in [2.45, 2.75) is 32.7 Å². The zero-order valence-corrected chi connectivity index (χ0v) is 8.88. The lowest BCUT2D eigenvalue weighted by molar-refractivity contribution is 0.775. The Labute approximate surface area is 85.5 Å². The maximum atomic E-state index is 5.76. The van der Waals surface area contributed by atoms with Gasteiger partial charge in [0.2, 0.25) is 0 Å². The molecule has 0 heterocycles. The molecule has 1 fully saturated rings. The molecule has 1 aromatic rings. The summed E-state index contributed by atoms with van der Waals surface area (Å²) < 4.78 is 0. The van der Waals surface area contributed by atoms with Gasteiger partial charge in [0.25, 0.3) is 0 Å². The Morgan fingerprint density at radius 3 is 2.86 bits per heavy atom. The van der Waals surface area contributed by atoms with Crippen molar-refractivity contribution in [3.8, 4) is 0 Å². The maximum absolute atomic E-state index is 5.76. The molecule has 0 amide bonds. The summed E-state index contributed by atoms with van der Waals surface area (Å²) in [6.07, 6.45) is 2.60. The van der Waals surface area contributed by atoms with Crippen molar-refractivity contribution in [3.05, 3.63) is 23.8 Å². The average molecular weight is 190 g/mol. The third kappa shape index (κ3) is 1.84. The van der Waals surface area contributed by atoms with E-state index in [1.165, 1.54) is 18.5 Å². The first-order valence-corrected chi connectivity index (χ1v) is 5.33. The second-order valence-electron chi connectivity index (χ2n) is 4.23. The summed E-state index contributed by atoms with van der Waals surface area (Å²) in [5, 5.41) is 3.53. The highest BCUT2D eigenvalue weighted by Crippen LogP contribution is 2.36. The summed E-state index contributed by atoms with van der Waals surface area (Å²) in [6, 6.07) is 6.86. The first-order chi connectivity index (χ1) is 6.70. The van der Waals surface area contributed by atoms with E-state index < -0.39 is 0 Å². The molecule has 1 aromatic carbocycles. The molecule has 76 valence electrons. The van der Waals surface area contributed by atoms with E-state index in [0.717, 1.165) is 17.2 Å². The van der Waals surface area contributed by atoms with Crippen molar-refractivity contribution in [1.29, 1.82) is 0 Å². The Hall–Kier alpha value is -1.18. The van der Waals surface area contributed by atoms with Crippen molar-refractivity contribution in [1.82, 2.24) is 0 Å². The van der Waals surface area contributed by atoms with Crippen LogP contribution in [-0.4, -0.2) is 6.04 Å². The van der Waals surface area contributed by atoms with Gasteiger partial charge in [-0.2, -0.15) is 0 Å². The molecule has 0 radical (unpaired) electrons. The third-order valence-corrected chi connectivity index (χ3v) is 3.07. The van der Waals surface area contributed by atoms with Crippen LogP contribution >= 0.6 is 0 Å². The van der Waals surface area contributed by atoms with Crippen LogP contribution in [0.25, 0.3) is 0 Å². The van der Waals surface area contributed by atoms with Crippen LogP contribution in [0, 0.1) is 12.8 Å². The summed E-state index contributed by atoms with van der Waals surface area (Å²) in [5.41, 5.74) is 9.00. The van der Waals surface area contributed by atoms with E-state index in [2.05, 4.69) is 24.4 Å². The normalized spacial score (nSPS) is 24.7. The van der Waals surface area contributed by atoms with Gasteiger partial charge in [-0.25, -0.2) is 0 Å². The van der Waals surface area contributed by atoms with E-state index in [-0.39, 0.29) is 0 Å². The Bertz CT molecular complexity index is 333. The van der Waals surface area contributed by atoms with Crippen LogP contribution in [0.3, 0.4) is 0 Å². The zero-order chi connectivity index (χ0) is 10.1. The van der Waals surface area contributed by atoms with E-state index >= 15 is 0 Å². The molecule has 0 bridgehead atoms. The summed E-state index contributed by atoms with van der Waals surface area (Å²) in [6.45, 7) is 4.30. The van der Waals surface area contributed by atoms with Gasteiger partial charge in [-0.15, -0.1) is 0 Å². The number of aryl methyl sites for hydroxylation is 1. The van der Waals surface area contributed by atoms with Crippen molar-refractivity contribution < 1.29 is 0 Å². The van der Waals surface area contributed by atoms with Gasteiger partial charge in [0.05, 0.1) is 0 Å². The van der Waals surface area contributed by atoms with Gasteiger partial charge in [0, 0.05) is 17.4 Å². The van der Waals surface area contributed by atoms with Crippen LogP contribution in [0.15, 0.2) is 18.2 Å². The molecule has 14 heavy (non-hydrogen) atoms. The molecule has 2 nitrogen and oxygen atoms in total. The van der Waals surface area contributed by atoms with Crippen LogP contribution in [0.1, 0.15) is 25.3 Å². The number of nitrogen functional groups attached to an aromatic ring is 1. The predicted molar refractivity (Wildman–Crippen MR) is 61.4 cm³/mol. The number of hydrogen-bond acceptors (Lipinski definition) is 2. The standard InChI is InChI=1S/C12H18N2/c1-3-9-7-12(9)14-10-4-5-11(13)8(2)6-10/h4-6,9,12,14H,3,7,13H2,1-2H3. The molecule has 1 saturated carbocycles. The van der Waals surface area contributed by atoms with E-state index in [1.54, 1.807) is 0 Å². The molecule has 3 N–H and O–H groups in total. The number of nitrogens with two attached hydrogens (primary N) is 1. The smallest absolute Gasteiger partial charge is 0.0346 e. The van der Waals surface area contributed by atoms with Crippen LogP contribution in [0.4, 0.5) is 11.4 Å². The molecule has 1 aliphatic carbocycles. The van der Waals surface area contributed by atoms with Gasteiger partial charge < -0.3 is 11.1 Å². The van der Waals surface area contributed by atoms with E-state index in [0.29, 0.717) is 6.04 Å². The Morgan fingerprint density at radius 2 is 2.29 bits per heavy atom. The average Bonchev–Trinajstić information content (AvgIpc) is 2.90. The van der Waals surface area contributed by atoms with E-state index in [1.807, 2.05) is 13.0 Å². The highest BCUT2D eigenvalue weighted by molar-refractivity contribution is 5.57. The molecular formula is C12H18N2. The van der Waals surface area contributed by atoms with Crippen molar-refractivity contribution in [2.24, 2.45) is 5.92 Å². The fourth-order valence-corrected chi connectivity index (χ4v) is 1.86. The molecule has 2 rings (SSSR count). The summed E-state index contributed by atoms with van der Waals surface area (Å²) in [7, 11) is 0. The van der Waals surface area contributed by atoms with Crippen LogP contribution < -0.4 is 11.1 Å². The minimum atomic E-state index is 0.697. The lowest BCUT2D eigenvalue weighted by Gasteiger charge is -2.07. The number of benzene rings is 1. The summed E-state index contributed by atoms with van der Waals surface area (Å²) in [5.74, 6) is 0.882. The quantitative estimate of drug-likeness (QED) is 0.719. The molecule has 2 unspecified atom stereocenters. The fourth-order valence-electron chi connectivity index (χ4n) is 1.86. The van der Waals surface area contributed by atoms with Crippen molar-refractivity contribution in [3.63, 3.8) is 0 Å². The first-order valence-electron chi connectivity index (χ1n) is 5.33. The SMILES string of the molecule is CCC1CC1Nc1ccc(N)c(C)c1. The summed E-state index contributed by atoms with van der Waals surface area (Å²) >= 11 is 0. The lowest BCUT2D eigenvalue weighted by atomic mass is 10.2. The Kier molecular flexibility index (Phi) is 2.36.